The van der Waals surface area contributed by atoms with Crippen LogP contribution in [0.2, 0.25) is 5.15 Å². The van der Waals surface area contributed by atoms with E-state index in [9.17, 15) is 8.42 Å². The predicted octanol–water partition coefficient (Wildman–Crippen LogP) is 2.51. The smallest absolute Gasteiger partial charge is 0.244 e. The van der Waals surface area contributed by atoms with Crippen molar-refractivity contribution in [2.75, 3.05) is 13.1 Å². The van der Waals surface area contributed by atoms with E-state index >= 15 is 0 Å². The van der Waals surface area contributed by atoms with Gasteiger partial charge < -0.3 is 4.42 Å². The Morgan fingerprint density at radius 1 is 1.35 bits per heavy atom. The topological polar surface area (TPSA) is 63.4 Å². The van der Waals surface area contributed by atoms with Gasteiger partial charge in [-0.25, -0.2) is 13.4 Å². The van der Waals surface area contributed by atoms with Gasteiger partial charge in [-0.3, -0.25) is 0 Å². The lowest BCUT2D eigenvalue weighted by Crippen LogP contribution is -2.28. The molecule has 0 aromatic carbocycles. The monoisotopic (exact) mass is 312 g/mol. The summed E-state index contributed by atoms with van der Waals surface area (Å²) >= 11 is 5.68. The van der Waals surface area contributed by atoms with E-state index in [2.05, 4.69) is 4.98 Å². The van der Waals surface area contributed by atoms with Crippen molar-refractivity contribution in [3.63, 3.8) is 0 Å². The highest BCUT2D eigenvalue weighted by atomic mass is 35.5. The number of pyridine rings is 1. The summed E-state index contributed by atoms with van der Waals surface area (Å²) in [5, 5.41) is 0.277. The Labute approximate surface area is 122 Å². The molecule has 0 amide bonds. The van der Waals surface area contributed by atoms with Crippen molar-refractivity contribution >= 4 is 21.6 Å². The molecular weight excluding hydrogens is 300 g/mol. The zero-order valence-electron chi connectivity index (χ0n) is 10.6. The number of halogens is 1. The number of rotatable bonds is 3. The van der Waals surface area contributed by atoms with Crippen molar-refractivity contribution in [2.24, 2.45) is 0 Å². The minimum absolute atomic E-state index is 0.111. The van der Waals surface area contributed by atoms with Crippen molar-refractivity contribution in [2.45, 2.75) is 17.2 Å². The van der Waals surface area contributed by atoms with Crippen LogP contribution < -0.4 is 0 Å². The molecule has 0 saturated carbocycles. The summed E-state index contributed by atoms with van der Waals surface area (Å²) in [4.78, 5) is 4.00. The van der Waals surface area contributed by atoms with Crippen LogP contribution >= 0.6 is 11.6 Å². The van der Waals surface area contributed by atoms with Crippen LogP contribution in [-0.2, 0) is 10.0 Å². The molecule has 106 valence electrons. The van der Waals surface area contributed by atoms with E-state index in [0.717, 1.165) is 12.2 Å². The quantitative estimate of drug-likeness (QED) is 0.817. The normalized spacial score (nSPS) is 20.4. The molecule has 3 heterocycles. The number of hydrogen-bond donors (Lipinski definition) is 0. The Kier molecular flexibility index (Phi) is 3.54. The first-order chi connectivity index (χ1) is 9.57. The van der Waals surface area contributed by atoms with Gasteiger partial charge in [0.15, 0.2) is 0 Å². The van der Waals surface area contributed by atoms with Gasteiger partial charge in [-0.05, 0) is 30.7 Å². The summed E-state index contributed by atoms with van der Waals surface area (Å²) in [6.07, 6.45) is 3.65. The van der Waals surface area contributed by atoms with Crippen molar-refractivity contribution in [3.05, 3.63) is 47.6 Å². The van der Waals surface area contributed by atoms with Crippen molar-refractivity contribution in [1.29, 1.82) is 0 Å². The van der Waals surface area contributed by atoms with E-state index in [1.165, 1.54) is 22.6 Å². The molecule has 7 heteroatoms. The Morgan fingerprint density at radius 3 is 2.85 bits per heavy atom. The molecule has 1 saturated heterocycles. The van der Waals surface area contributed by atoms with Crippen LogP contribution in [0.3, 0.4) is 0 Å². The molecule has 1 unspecified atom stereocenters. The van der Waals surface area contributed by atoms with Crippen LogP contribution in [0.1, 0.15) is 18.1 Å². The second-order valence-electron chi connectivity index (χ2n) is 4.68. The fraction of sp³-hybridized carbons (Fsp3) is 0.308. The van der Waals surface area contributed by atoms with Crippen LogP contribution in [0.25, 0.3) is 0 Å². The van der Waals surface area contributed by atoms with Crippen LogP contribution in [0.4, 0.5) is 0 Å². The SMILES string of the molecule is O=S(=O)(c1ccc(Cl)nc1)N1CCC(c2ccco2)C1. The first kappa shape index (κ1) is 13.6. The lowest BCUT2D eigenvalue weighted by molar-refractivity contribution is 0.445. The van der Waals surface area contributed by atoms with Gasteiger partial charge in [-0.15, -0.1) is 0 Å². The fourth-order valence-corrected chi connectivity index (χ4v) is 3.92. The maximum absolute atomic E-state index is 12.5. The first-order valence-corrected chi connectivity index (χ1v) is 8.04. The summed E-state index contributed by atoms with van der Waals surface area (Å²) in [6, 6.07) is 6.65. The van der Waals surface area contributed by atoms with Crippen molar-refractivity contribution < 1.29 is 12.8 Å². The molecule has 2 aromatic rings. The zero-order valence-corrected chi connectivity index (χ0v) is 12.1. The molecule has 20 heavy (non-hydrogen) atoms. The summed E-state index contributed by atoms with van der Waals surface area (Å²) < 4.78 is 31.8. The maximum Gasteiger partial charge on any atom is 0.244 e. The van der Waals surface area contributed by atoms with E-state index in [-0.39, 0.29) is 16.0 Å². The second-order valence-corrected chi connectivity index (χ2v) is 7.01. The third-order valence-corrected chi connectivity index (χ3v) is 5.51. The summed E-state index contributed by atoms with van der Waals surface area (Å²) in [7, 11) is -3.51. The van der Waals surface area contributed by atoms with Crippen molar-refractivity contribution in [3.8, 4) is 0 Å². The molecule has 0 spiro atoms. The fourth-order valence-electron chi connectivity index (χ4n) is 2.37. The van der Waals surface area contributed by atoms with E-state index in [1.807, 2.05) is 12.1 Å². The third-order valence-electron chi connectivity index (χ3n) is 3.43. The number of aromatic nitrogens is 1. The highest BCUT2D eigenvalue weighted by molar-refractivity contribution is 7.89. The predicted molar refractivity (Wildman–Crippen MR) is 74.1 cm³/mol. The van der Waals surface area contributed by atoms with E-state index in [0.29, 0.717) is 13.1 Å². The lowest BCUT2D eigenvalue weighted by atomic mass is 10.1. The summed E-state index contributed by atoms with van der Waals surface area (Å²) in [5.74, 6) is 0.942. The molecule has 0 N–H and O–H groups in total. The molecule has 1 aliphatic heterocycles. The minimum atomic E-state index is -3.51. The molecular formula is C13H13ClN2O3S. The van der Waals surface area contributed by atoms with Gasteiger partial charge in [0.2, 0.25) is 10.0 Å². The van der Waals surface area contributed by atoms with Gasteiger partial charge in [0, 0.05) is 25.2 Å². The summed E-state index contributed by atoms with van der Waals surface area (Å²) in [5.41, 5.74) is 0. The van der Waals surface area contributed by atoms with Gasteiger partial charge in [0.05, 0.1) is 6.26 Å². The van der Waals surface area contributed by atoms with E-state index in [1.54, 1.807) is 6.26 Å². The van der Waals surface area contributed by atoms with Gasteiger partial charge >= 0.3 is 0 Å². The second kappa shape index (κ2) is 5.20. The molecule has 1 aliphatic rings. The minimum Gasteiger partial charge on any atom is -0.469 e. The van der Waals surface area contributed by atoms with Crippen LogP contribution in [0.5, 0.6) is 0 Å². The Morgan fingerprint density at radius 2 is 2.20 bits per heavy atom. The van der Waals surface area contributed by atoms with Gasteiger partial charge in [-0.1, -0.05) is 11.6 Å². The first-order valence-electron chi connectivity index (χ1n) is 6.22. The van der Waals surface area contributed by atoms with Crippen LogP contribution in [-0.4, -0.2) is 30.8 Å². The lowest BCUT2D eigenvalue weighted by Gasteiger charge is -2.15. The number of nitrogens with zero attached hydrogens (tertiary/aromatic N) is 2. The average molecular weight is 313 g/mol. The largest absolute Gasteiger partial charge is 0.469 e. The highest BCUT2D eigenvalue weighted by Crippen LogP contribution is 2.31. The summed E-state index contributed by atoms with van der Waals surface area (Å²) in [6.45, 7) is 0.912. The molecule has 1 atom stereocenters. The van der Waals surface area contributed by atoms with Gasteiger partial charge in [0.25, 0.3) is 0 Å². The van der Waals surface area contributed by atoms with E-state index in [4.69, 9.17) is 16.0 Å². The van der Waals surface area contributed by atoms with Crippen LogP contribution in [0, 0.1) is 0 Å². The van der Waals surface area contributed by atoms with E-state index < -0.39 is 10.0 Å². The molecule has 0 bridgehead atoms. The molecule has 5 nitrogen and oxygen atoms in total. The number of sulfonamides is 1. The molecule has 0 radical (unpaired) electrons. The molecule has 1 fully saturated rings. The Bertz CT molecular complexity index is 683. The van der Waals surface area contributed by atoms with Gasteiger partial charge in [-0.2, -0.15) is 4.31 Å². The highest BCUT2D eigenvalue weighted by Gasteiger charge is 2.34. The van der Waals surface area contributed by atoms with Gasteiger partial charge in [0.1, 0.15) is 15.8 Å². The standard InChI is InChI=1S/C13H13ClN2O3S/c14-13-4-3-11(8-15-13)20(17,18)16-6-5-10(9-16)12-2-1-7-19-12/h1-4,7-8,10H,5-6,9H2. The Hall–Kier alpha value is -1.37. The average Bonchev–Trinajstić information content (AvgIpc) is 3.10. The van der Waals surface area contributed by atoms with Crippen LogP contribution in [0.15, 0.2) is 46.0 Å². The number of furan rings is 1. The molecule has 3 rings (SSSR count). The maximum atomic E-state index is 12.5. The molecule has 0 aliphatic carbocycles. The molecule has 2 aromatic heterocycles. The third kappa shape index (κ3) is 2.46. The number of hydrogen-bond acceptors (Lipinski definition) is 4. The Balaban J connectivity index is 1.81. The van der Waals surface area contributed by atoms with Crippen molar-refractivity contribution in [1.82, 2.24) is 9.29 Å². The zero-order chi connectivity index (χ0) is 14.2.